The van der Waals surface area contributed by atoms with Crippen molar-refractivity contribution in [2.75, 3.05) is 37.0 Å². The first-order valence-electron chi connectivity index (χ1n) is 11.3. The van der Waals surface area contributed by atoms with Gasteiger partial charge in [0.25, 0.3) is 0 Å². The molecule has 2 aromatic carbocycles. The summed E-state index contributed by atoms with van der Waals surface area (Å²) in [5.41, 5.74) is 4.09. The Balaban J connectivity index is 1.35. The minimum absolute atomic E-state index is 0.0725. The summed E-state index contributed by atoms with van der Waals surface area (Å²) >= 11 is 0. The van der Waals surface area contributed by atoms with Gasteiger partial charge in [-0.05, 0) is 49.1 Å². The number of methoxy groups -OCH3 is 1. The number of amides is 2. The van der Waals surface area contributed by atoms with Gasteiger partial charge in [0.2, 0.25) is 11.8 Å². The van der Waals surface area contributed by atoms with Gasteiger partial charge in [0, 0.05) is 61.3 Å². The van der Waals surface area contributed by atoms with Gasteiger partial charge in [0.1, 0.15) is 5.75 Å². The summed E-state index contributed by atoms with van der Waals surface area (Å²) < 4.78 is 5.54. The number of piperidine rings is 1. The van der Waals surface area contributed by atoms with Gasteiger partial charge in [-0.2, -0.15) is 0 Å². The minimum Gasteiger partial charge on any atom is -0.496 e. The monoisotopic (exact) mass is 436 g/mol. The molecule has 3 N–H and O–H groups in total. The van der Waals surface area contributed by atoms with Crippen molar-refractivity contribution < 1.29 is 14.3 Å². The lowest BCUT2D eigenvalue weighted by atomic mass is 9.99. The van der Waals surface area contributed by atoms with Crippen LogP contribution in [0.2, 0.25) is 0 Å². The highest BCUT2D eigenvalue weighted by Gasteiger charge is 2.27. The van der Waals surface area contributed by atoms with Crippen LogP contribution in [0.3, 0.4) is 0 Å². The fraction of sp³-hybridized carbons (Fsp3) is 0.440. The van der Waals surface area contributed by atoms with Crippen LogP contribution in [0.4, 0.5) is 17.1 Å². The molecular weight excluding hydrogens is 404 g/mol. The lowest BCUT2D eigenvalue weighted by Crippen LogP contribution is -2.32. The van der Waals surface area contributed by atoms with Crippen LogP contribution in [0.1, 0.15) is 31.7 Å². The van der Waals surface area contributed by atoms with E-state index in [1.54, 1.807) is 7.11 Å². The highest BCUT2D eigenvalue weighted by atomic mass is 16.5. The molecule has 32 heavy (non-hydrogen) atoms. The van der Waals surface area contributed by atoms with Crippen LogP contribution in [0.5, 0.6) is 5.75 Å². The van der Waals surface area contributed by atoms with Gasteiger partial charge in [0.15, 0.2) is 0 Å². The van der Waals surface area contributed by atoms with Gasteiger partial charge in [-0.1, -0.05) is 13.0 Å². The summed E-state index contributed by atoms with van der Waals surface area (Å²) in [6, 6.07) is 14.4. The van der Waals surface area contributed by atoms with E-state index in [1.165, 1.54) is 18.5 Å². The number of hydrogen-bond acceptors (Lipinski definition) is 5. The zero-order chi connectivity index (χ0) is 22.5. The Morgan fingerprint density at radius 1 is 1.12 bits per heavy atom. The first-order chi connectivity index (χ1) is 15.5. The lowest BCUT2D eigenvalue weighted by Gasteiger charge is -2.32. The van der Waals surface area contributed by atoms with E-state index in [4.69, 9.17) is 4.74 Å². The molecule has 2 aromatic rings. The van der Waals surface area contributed by atoms with E-state index < -0.39 is 0 Å². The van der Waals surface area contributed by atoms with Crippen LogP contribution < -0.4 is 25.6 Å². The highest BCUT2D eigenvalue weighted by molar-refractivity contribution is 5.89. The van der Waals surface area contributed by atoms with E-state index in [0.717, 1.165) is 35.9 Å². The smallest absolute Gasteiger partial charge is 0.225 e. The van der Waals surface area contributed by atoms with Gasteiger partial charge in [-0.15, -0.1) is 0 Å². The third-order valence-corrected chi connectivity index (χ3v) is 6.39. The maximum Gasteiger partial charge on any atom is 0.225 e. The summed E-state index contributed by atoms with van der Waals surface area (Å²) in [4.78, 5) is 26.0. The molecule has 0 aromatic heterocycles. The molecule has 4 rings (SSSR count). The van der Waals surface area contributed by atoms with Crippen molar-refractivity contribution in [2.24, 2.45) is 11.8 Å². The molecule has 2 heterocycles. The third-order valence-electron chi connectivity index (χ3n) is 6.39. The van der Waals surface area contributed by atoms with E-state index >= 15 is 0 Å². The molecule has 2 saturated heterocycles. The van der Waals surface area contributed by atoms with Crippen molar-refractivity contribution in [1.29, 1.82) is 0 Å². The van der Waals surface area contributed by atoms with Crippen molar-refractivity contribution >= 4 is 28.9 Å². The highest BCUT2D eigenvalue weighted by Crippen LogP contribution is 2.28. The van der Waals surface area contributed by atoms with Crippen molar-refractivity contribution in [3.63, 3.8) is 0 Å². The molecule has 2 fully saturated rings. The number of ether oxygens (including phenoxy) is 1. The number of benzene rings is 2. The lowest BCUT2D eigenvalue weighted by molar-refractivity contribution is -0.126. The van der Waals surface area contributed by atoms with Gasteiger partial charge in [-0.3, -0.25) is 9.59 Å². The van der Waals surface area contributed by atoms with Gasteiger partial charge in [-0.25, -0.2) is 0 Å². The van der Waals surface area contributed by atoms with E-state index in [2.05, 4.69) is 52.0 Å². The molecule has 0 aliphatic carbocycles. The Labute approximate surface area is 189 Å². The SMILES string of the molecule is COc1cc(Nc2ccc(N3CCC(C)CC3)cc2)ccc1CNC(=O)C1CNC(=O)C1. The predicted molar refractivity (Wildman–Crippen MR) is 126 cm³/mol. The van der Waals surface area contributed by atoms with Crippen LogP contribution in [0.15, 0.2) is 42.5 Å². The zero-order valence-electron chi connectivity index (χ0n) is 18.8. The molecular formula is C25H32N4O3. The predicted octanol–water partition coefficient (Wildman–Crippen LogP) is 3.43. The summed E-state index contributed by atoms with van der Waals surface area (Å²) in [5.74, 6) is 1.04. The Hall–Kier alpha value is -3.22. The molecule has 2 amide bonds. The first kappa shape index (κ1) is 22.0. The van der Waals surface area contributed by atoms with Gasteiger partial charge < -0.3 is 25.6 Å². The molecule has 2 aliphatic heterocycles. The number of carbonyl (C=O) groups excluding carboxylic acids is 2. The summed E-state index contributed by atoms with van der Waals surface area (Å²) in [5, 5.41) is 9.03. The van der Waals surface area contributed by atoms with E-state index in [1.807, 2.05) is 18.2 Å². The fourth-order valence-corrected chi connectivity index (χ4v) is 4.27. The molecule has 0 radical (unpaired) electrons. The van der Waals surface area contributed by atoms with E-state index in [0.29, 0.717) is 18.8 Å². The Kier molecular flexibility index (Phi) is 6.83. The maximum atomic E-state index is 12.3. The second-order valence-corrected chi connectivity index (χ2v) is 8.79. The topological polar surface area (TPSA) is 82.7 Å². The summed E-state index contributed by atoms with van der Waals surface area (Å²) in [7, 11) is 1.62. The molecule has 0 saturated carbocycles. The number of nitrogens with one attached hydrogen (secondary N) is 3. The van der Waals surface area contributed by atoms with Crippen molar-refractivity contribution in [3.05, 3.63) is 48.0 Å². The second-order valence-electron chi connectivity index (χ2n) is 8.79. The Morgan fingerprint density at radius 2 is 1.84 bits per heavy atom. The van der Waals surface area contributed by atoms with Crippen molar-refractivity contribution in [1.82, 2.24) is 10.6 Å². The first-order valence-corrected chi connectivity index (χ1v) is 11.3. The number of hydrogen-bond donors (Lipinski definition) is 3. The van der Waals surface area contributed by atoms with E-state index in [9.17, 15) is 9.59 Å². The number of carbonyl (C=O) groups is 2. The molecule has 0 spiro atoms. The van der Waals surface area contributed by atoms with Crippen molar-refractivity contribution in [2.45, 2.75) is 32.7 Å². The Bertz CT molecular complexity index is 952. The summed E-state index contributed by atoms with van der Waals surface area (Å²) in [6.45, 7) is 5.33. The molecule has 7 heteroatoms. The third kappa shape index (κ3) is 5.33. The number of rotatable bonds is 7. The van der Waals surface area contributed by atoms with Crippen molar-refractivity contribution in [3.8, 4) is 5.75 Å². The van der Waals surface area contributed by atoms with Crippen LogP contribution in [0, 0.1) is 11.8 Å². The fourth-order valence-electron chi connectivity index (χ4n) is 4.27. The maximum absolute atomic E-state index is 12.3. The van der Waals surface area contributed by atoms with Gasteiger partial charge >= 0.3 is 0 Å². The molecule has 1 atom stereocenters. The largest absolute Gasteiger partial charge is 0.496 e. The van der Waals surface area contributed by atoms with Crippen LogP contribution in [-0.2, 0) is 16.1 Å². The standard InChI is InChI=1S/C25H32N4O3/c1-17-9-11-29(12-10-17)22-7-5-20(6-8-22)28-21-4-3-18(23(14-21)32-2)15-27-25(31)19-13-24(30)26-16-19/h3-8,14,17,19,28H,9-13,15-16H2,1-2H3,(H,26,30)(H,27,31). The normalized spacial score (nSPS) is 18.9. The van der Waals surface area contributed by atoms with Gasteiger partial charge in [0.05, 0.1) is 13.0 Å². The molecule has 7 nitrogen and oxygen atoms in total. The second kappa shape index (κ2) is 9.94. The summed E-state index contributed by atoms with van der Waals surface area (Å²) in [6.07, 6.45) is 2.76. The molecule has 1 unspecified atom stereocenters. The minimum atomic E-state index is -0.300. The Morgan fingerprint density at radius 3 is 2.50 bits per heavy atom. The molecule has 170 valence electrons. The average Bonchev–Trinajstić information content (AvgIpc) is 3.25. The number of nitrogens with zero attached hydrogens (tertiary/aromatic N) is 1. The van der Waals surface area contributed by atoms with Crippen LogP contribution in [0.25, 0.3) is 0 Å². The quantitative estimate of drug-likeness (QED) is 0.620. The zero-order valence-corrected chi connectivity index (χ0v) is 18.8. The van der Waals surface area contributed by atoms with Crippen LogP contribution in [-0.4, -0.2) is 38.6 Å². The molecule has 0 bridgehead atoms. The number of anilines is 3. The van der Waals surface area contributed by atoms with E-state index in [-0.39, 0.29) is 24.2 Å². The van der Waals surface area contributed by atoms with Crippen LogP contribution >= 0.6 is 0 Å². The molecule has 2 aliphatic rings. The average molecular weight is 437 g/mol.